The third-order valence-corrected chi connectivity index (χ3v) is 1.70. The second-order valence-corrected chi connectivity index (χ2v) is 2.42. The molecule has 0 amide bonds. The van der Waals surface area contributed by atoms with E-state index in [1.54, 1.807) is 0 Å². The molecular weight excluding hydrogens is 144 g/mol. The molecule has 0 heterocycles. The lowest BCUT2D eigenvalue weighted by atomic mass is 9.92. The Morgan fingerprint density at radius 2 is 1.82 bits per heavy atom. The molecule has 0 aliphatic rings. The summed E-state index contributed by atoms with van der Waals surface area (Å²) in [4.78, 5) is 21.1. The number of carboxylic acid groups (broad SMARTS) is 1. The molecule has 3 heteroatoms. The Hall–Kier alpha value is -1.30. The second-order valence-electron chi connectivity index (χ2n) is 2.42. The van der Waals surface area contributed by atoms with Gasteiger partial charge in [-0.05, 0) is 5.92 Å². The van der Waals surface area contributed by atoms with Gasteiger partial charge >= 0.3 is 5.97 Å². The SMILES string of the molecule is C#CC(=O)C(C)C(C)C(=O)O. The Balaban J connectivity index is 4.27. The van der Waals surface area contributed by atoms with Gasteiger partial charge in [0.25, 0.3) is 0 Å². The first-order chi connectivity index (χ1) is 5.00. The molecule has 11 heavy (non-hydrogen) atoms. The largest absolute Gasteiger partial charge is 0.481 e. The molecule has 0 aromatic carbocycles. The van der Waals surface area contributed by atoms with Gasteiger partial charge < -0.3 is 5.11 Å². The van der Waals surface area contributed by atoms with Crippen LogP contribution in [0.3, 0.4) is 0 Å². The molecule has 3 nitrogen and oxygen atoms in total. The summed E-state index contributed by atoms with van der Waals surface area (Å²) >= 11 is 0. The van der Waals surface area contributed by atoms with Crippen LogP contribution in [0.4, 0.5) is 0 Å². The number of Topliss-reactive ketones (excluding diaryl/α,β-unsaturated/α-hetero) is 1. The van der Waals surface area contributed by atoms with Crippen molar-refractivity contribution in [3.05, 3.63) is 0 Å². The number of carbonyl (C=O) groups is 2. The summed E-state index contributed by atoms with van der Waals surface area (Å²) in [6.07, 6.45) is 4.82. The van der Waals surface area contributed by atoms with Gasteiger partial charge in [0.05, 0.1) is 5.92 Å². The van der Waals surface area contributed by atoms with Gasteiger partial charge in [-0.25, -0.2) is 0 Å². The number of hydrogen-bond acceptors (Lipinski definition) is 2. The van der Waals surface area contributed by atoms with Crippen LogP contribution < -0.4 is 0 Å². The molecule has 0 spiro atoms. The molecule has 0 saturated carbocycles. The maximum absolute atomic E-state index is 10.8. The fourth-order valence-corrected chi connectivity index (χ4v) is 0.572. The highest BCUT2D eigenvalue weighted by atomic mass is 16.4. The maximum atomic E-state index is 10.8. The van der Waals surface area contributed by atoms with Crippen LogP contribution in [-0.2, 0) is 9.59 Å². The summed E-state index contributed by atoms with van der Waals surface area (Å²) in [5, 5.41) is 8.48. The maximum Gasteiger partial charge on any atom is 0.306 e. The van der Waals surface area contributed by atoms with Crippen LogP contribution in [-0.4, -0.2) is 16.9 Å². The average Bonchev–Trinajstić information content (AvgIpc) is 2.00. The van der Waals surface area contributed by atoms with Crippen LogP contribution in [0.1, 0.15) is 13.8 Å². The van der Waals surface area contributed by atoms with Crippen molar-refractivity contribution in [3.8, 4) is 12.3 Å². The third-order valence-electron chi connectivity index (χ3n) is 1.70. The molecule has 0 fully saturated rings. The number of hydrogen-bond donors (Lipinski definition) is 1. The predicted molar refractivity (Wildman–Crippen MR) is 39.8 cm³/mol. The number of carboxylic acids is 1. The number of ketones is 1. The first-order valence-corrected chi connectivity index (χ1v) is 3.24. The zero-order chi connectivity index (χ0) is 9.02. The van der Waals surface area contributed by atoms with Crippen molar-refractivity contribution in [1.29, 1.82) is 0 Å². The fourth-order valence-electron chi connectivity index (χ4n) is 0.572. The van der Waals surface area contributed by atoms with Crippen molar-refractivity contribution in [2.24, 2.45) is 11.8 Å². The van der Waals surface area contributed by atoms with Gasteiger partial charge in [0.2, 0.25) is 5.78 Å². The van der Waals surface area contributed by atoms with Gasteiger partial charge in [0.15, 0.2) is 0 Å². The Morgan fingerprint density at radius 1 is 1.36 bits per heavy atom. The highest BCUT2D eigenvalue weighted by Crippen LogP contribution is 2.11. The smallest absolute Gasteiger partial charge is 0.306 e. The summed E-state index contributed by atoms with van der Waals surface area (Å²) in [5.74, 6) is -0.868. The van der Waals surface area contributed by atoms with E-state index in [9.17, 15) is 9.59 Å². The van der Waals surface area contributed by atoms with Crippen molar-refractivity contribution in [1.82, 2.24) is 0 Å². The monoisotopic (exact) mass is 154 g/mol. The Bertz CT molecular complexity index is 212. The molecule has 0 radical (unpaired) electrons. The van der Waals surface area contributed by atoms with Crippen LogP contribution >= 0.6 is 0 Å². The van der Waals surface area contributed by atoms with Crippen molar-refractivity contribution < 1.29 is 14.7 Å². The van der Waals surface area contributed by atoms with Gasteiger partial charge in [-0.3, -0.25) is 9.59 Å². The molecule has 1 N–H and O–H groups in total. The van der Waals surface area contributed by atoms with Gasteiger partial charge in [0.1, 0.15) is 0 Å². The van der Waals surface area contributed by atoms with E-state index in [1.165, 1.54) is 13.8 Å². The molecule has 0 aromatic rings. The van der Waals surface area contributed by atoms with Gasteiger partial charge in [-0.15, -0.1) is 6.42 Å². The van der Waals surface area contributed by atoms with E-state index in [4.69, 9.17) is 11.5 Å². The normalized spacial score (nSPS) is 14.6. The van der Waals surface area contributed by atoms with Crippen LogP contribution in [0.25, 0.3) is 0 Å². The standard InChI is InChI=1S/C8H10O3/c1-4-7(9)5(2)6(3)8(10)11/h1,5-6H,2-3H3,(H,10,11). The highest BCUT2D eigenvalue weighted by molar-refractivity contribution is 5.98. The van der Waals surface area contributed by atoms with Crippen LogP contribution in [0.5, 0.6) is 0 Å². The number of aliphatic carboxylic acids is 1. The number of carbonyl (C=O) groups excluding carboxylic acids is 1. The Labute approximate surface area is 65.4 Å². The Kier molecular flexibility index (Phi) is 3.32. The molecule has 0 aromatic heterocycles. The molecule has 0 aliphatic heterocycles. The molecule has 0 aliphatic carbocycles. The lowest BCUT2D eigenvalue weighted by Gasteiger charge is -2.10. The van der Waals surface area contributed by atoms with E-state index < -0.39 is 23.6 Å². The van der Waals surface area contributed by atoms with E-state index in [0.717, 1.165) is 0 Å². The van der Waals surface area contributed by atoms with Crippen LogP contribution in [0.2, 0.25) is 0 Å². The van der Waals surface area contributed by atoms with Gasteiger partial charge in [-0.1, -0.05) is 13.8 Å². The molecule has 2 unspecified atom stereocenters. The van der Waals surface area contributed by atoms with E-state index in [0.29, 0.717) is 0 Å². The minimum atomic E-state index is -0.999. The molecule has 0 rings (SSSR count). The molecule has 60 valence electrons. The van der Waals surface area contributed by atoms with Crippen molar-refractivity contribution in [2.45, 2.75) is 13.8 Å². The van der Waals surface area contributed by atoms with Crippen LogP contribution in [0, 0.1) is 24.2 Å². The van der Waals surface area contributed by atoms with Gasteiger partial charge in [-0.2, -0.15) is 0 Å². The number of terminal acetylenes is 1. The first-order valence-electron chi connectivity index (χ1n) is 3.24. The van der Waals surface area contributed by atoms with Gasteiger partial charge in [0, 0.05) is 5.92 Å². The van der Waals surface area contributed by atoms with E-state index in [1.807, 2.05) is 5.92 Å². The van der Waals surface area contributed by atoms with Crippen molar-refractivity contribution in [2.75, 3.05) is 0 Å². The topological polar surface area (TPSA) is 54.4 Å². The average molecular weight is 154 g/mol. The first kappa shape index (κ1) is 9.70. The van der Waals surface area contributed by atoms with Crippen molar-refractivity contribution in [3.63, 3.8) is 0 Å². The lowest BCUT2D eigenvalue weighted by Crippen LogP contribution is -2.24. The number of rotatable bonds is 3. The predicted octanol–water partition coefficient (Wildman–Crippen LogP) is 0.545. The quantitative estimate of drug-likeness (QED) is 0.477. The molecule has 2 atom stereocenters. The summed E-state index contributed by atoms with van der Waals surface area (Å²) in [7, 11) is 0. The molecule has 0 saturated heterocycles. The van der Waals surface area contributed by atoms with Crippen molar-refractivity contribution >= 4 is 11.8 Å². The highest BCUT2D eigenvalue weighted by Gasteiger charge is 2.23. The van der Waals surface area contributed by atoms with E-state index >= 15 is 0 Å². The summed E-state index contributed by atoms with van der Waals surface area (Å²) in [6, 6.07) is 0. The molecular formula is C8H10O3. The van der Waals surface area contributed by atoms with Crippen LogP contribution in [0.15, 0.2) is 0 Å². The Morgan fingerprint density at radius 3 is 2.09 bits per heavy atom. The zero-order valence-electron chi connectivity index (χ0n) is 6.50. The fraction of sp³-hybridized carbons (Fsp3) is 0.500. The van der Waals surface area contributed by atoms with E-state index in [-0.39, 0.29) is 0 Å². The lowest BCUT2D eigenvalue weighted by molar-refractivity contribution is -0.144. The minimum Gasteiger partial charge on any atom is -0.481 e. The zero-order valence-corrected chi connectivity index (χ0v) is 6.50. The van der Waals surface area contributed by atoms with E-state index in [2.05, 4.69) is 0 Å². The molecule has 0 bridgehead atoms. The summed E-state index contributed by atoms with van der Waals surface area (Å²) in [6.45, 7) is 2.98. The summed E-state index contributed by atoms with van der Waals surface area (Å²) < 4.78 is 0. The minimum absolute atomic E-state index is 0.458. The third kappa shape index (κ3) is 2.42. The second kappa shape index (κ2) is 3.77. The summed E-state index contributed by atoms with van der Waals surface area (Å²) in [5.41, 5.74) is 0.